The van der Waals surface area contributed by atoms with Crippen LogP contribution in [-0.2, 0) is 4.79 Å². The maximum absolute atomic E-state index is 12.3. The monoisotopic (exact) mass is 327 g/mol. The van der Waals surface area contributed by atoms with Crippen molar-refractivity contribution < 1.29 is 4.79 Å². The van der Waals surface area contributed by atoms with Crippen LogP contribution >= 0.6 is 0 Å². The molecule has 3 rings (SSSR count). The van der Waals surface area contributed by atoms with Gasteiger partial charge in [-0.25, -0.2) is 0 Å². The van der Waals surface area contributed by atoms with E-state index in [4.69, 9.17) is 0 Å². The van der Waals surface area contributed by atoms with Crippen molar-refractivity contribution in [1.82, 2.24) is 15.1 Å². The Kier molecular flexibility index (Phi) is 4.70. The van der Waals surface area contributed by atoms with Gasteiger partial charge in [-0.1, -0.05) is 6.92 Å². The van der Waals surface area contributed by atoms with E-state index in [0.717, 1.165) is 50.0 Å². The minimum absolute atomic E-state index is 0.231. The van der Waals surface area contributed by atoms with E-state index < -0.39 is 0 Å². The normalized spacial score (nSPS) is 23.6. The van der Waals surface area contributed by atoms with Gasteiger partial charge in [0.15, 0.2) is 5.82 Å². The van der Waals surface area contributed by atoms with E-state index in [1.54, 1.807) is 0 Å². The first kappa shape index (κ1) is 16.7. The van der Waals surface area contributed by atoms with E-state index in [2.05, 4.69) is 21.2 Å². The Balaban J connectivity index is 1.93. The van der Waals surface area contributed by atoms with E-state index in [-0.39, 0.29) is 18.0 Å². The lowest BCUT2D eigenvalue weighted by Crippen LogP contribution is -2.48. The first-order valence-electron chi connectivity index (χ1n) is 8.88. The highest BCUT2D eigenvalue weighted by molar-refractivity contribution is 5.76. The minimum Gasteiger partial charge on any atom is -0.349 e. The molecule has 1 aromatic heterocycles. The largest absolute Gasteiger partial charge is 0.349 e. The zero-order valence-electron chi connectivity index (χ0n) is 14.7. The number of hydrogen-bond acceptors (Lipinski definition) is 5. The van der Waals surface area contributed by atoms with Crippen LogP contribution in [0.3, 0.4) is 0 Å². The van der Waals surface area contributed by atoms with Crippen molar-refractivity contribution in [3.05, 3.63) is 16.8 Å². The molecular weight excluding hydrogens is 302 g/mol. The minimum atomic E-state index is 0.231. The number of amides is 1. The van der Waals surface area contributed by atoms with Gasteiger partial charge in [0.1, 0.15) is 11.6 Å². The van der Waals surface area contributed by atoms with Crippen LogP contribution in [0, 0.1) is 25.2 Å². The fraction of sp³-hybridized carbons (Fsp3) is 0.667. The average molecular weight is 327 g/mol. The second-order valence-corrected chi connectivity index (χ2v) is 6.77. The Hall–Kier alpha value is -2.16. The topological polar surface area (TPSA) is 73.1 Å². The lowest BCUT2D eigenvalue weighted by Gasteiger charge is -2.35. The molecular formula is C18H25N5O. The highest BCUT2D eigenvalue weighted by Gasteiger charge is 2.40. The van der Waals surface area contributed by atoms with Gasteiger partial charge in [-0.3, -0.25) is 4.79 Å². The first-order chi connectivity index (χ1) is 11.6. The maximum atomic E-state index is 12.3. The number of carbonyl (C=O) groups is 1. The second kappa shape index (κ2) is 6.76. The molecule has 2 atom stereocenters. The molecule has 0 saturated carbocycles. The fourth-order valence-corrected chi connectivity index (χ4v) is 4.09. The number of aryl methyl sites for hydroxylation is 1. The van der Waals surface area contributed by atoms with Gasteiger partial charge in [-0.15, -0.1) is 5.10 Å². The summed E-state index contributed by atoms with van der Waals surface area (Å²) in [4.78, 5) is 16.5. The van der Waals surface area contributed by atoms with Crippen molar-refractivity contribution in [2.24, 2.45) is 0 Å². The van der Waals surface area contributed by atoms with Crippen molar-refractivity contribution in [2.75, 3.05) is 18.0 Å². The molecule has 6 nitrogen and oxygen atoms in total. The van der Waals surface area contributed by atoms with Crippen LogP contribution in [0.15, 0.2) is 0 Å². The molecule has 6 heteroatoms. The number of hydrogen-bond donors (Lipinski definition) is 0. The van der Waals surface area contributed by atoms with Crippen molar-refractivity contribution in [2.45, 2.75) is 65.0 Å². The summed E-state index contributed by atoms with van der Waals surface area (Å²) in [5.74, 6) is 0.926. The van der Waals surface area contributed by atoms with Crippen molar-refractivity contribution >= 4 is 11.7 Å². The number of likely N-dealkylation sites (tertiary alicyclic amines) is 1. The van der Waals surface area contributed by atoms with Gasteiger partial charge in [0.2, 0.25) is 5.91 Å². The van der Waals surface area contributed by atoms with Gasteiger partial charge in [-0.05, 0) is 45.1 Å². The Morgan fingerprint density at radius 2 is 1.92 bits per heavy atom. The molecule has 0 unspecified atom stereocenters. The van der Waals surface area contributed by atoms with Crippen LogP contribution in [0.25, 0.3) is 0 Å². The molecule has 1 aromatic rings. The SMILES string of the molecule is CCC(=O)N1CCC[C@@H]1[C@@H]1CCCN1c1nnc(C)c(C)c1C#N. The zero-order chi connectivity index (χ0) is 17.3. The molecule has 128 valence electrons. The molecule has 2 aliphatic heterocycles. The van der Waals surface area contributed by atoms with Crippen molar-refractivity contribution in [3.63, 3.8) is 0 Å². The number of rotatable bonds is 3. The van der Waals surface area contributed by atoms with Crippen LogP contribution < -0.4 is 4.90 Å². The third kappa shape index (κ3) is 2.72. The number of anilines is 1. The molecule has 3 heterocycles. The smallest absolute Gasteiger partial charge is 0.222 e. The van der Waals surface area contributed by atoms with E-state index >= 15 is 0 Å². The molecule has 0 radical (unpaired) electrons. The summed E-state index contributed by atoms with van der Waals surface area (Å²) in [6, 6.07) is 2.79. The van der Waals surface area contributed by atoms with E-state index in [1.807, 2.05) is 25.7 Å². The van der Waals surface area contributed by atoms with Crippen LogP contribution in [0.2, 0.25) is 0 Å². The average Bonchev–Trinajstić information content (AvgIpc) is 3.24. The molecule has 2 fully saturated rings. The van der Waals surface area contributed by atoms with Gasteiger partial charge in [0.05, 0.1) is 17.8 Å². The highest BCUT2D eigenvalue weighted by atomic mass is 16.2. The summed E-state index contributed by atoms with van der Waals surface area (Å²) >= 11 is 0. The van der Waals surface area contributed by atoms with E-state index in [0.29, 0.717) is 17.8 Å². The molecule has 0 bridgehead atoms. The van der Waals surface area contributed by atoms with Gasteiger partial charge in [-0.2, -0.15) is 10.4 Å². The van der Waals surface area contributed by atoms with Gasteiger partial charge >= 0.3 is 0 Å². The third-order valence-corrected chi connectivity index (χ3v) is 5.49. The summed E-state index contributed by atoms with van der Waals surface area (Å²) in [6.45, 7) is 7.46. The Morgan fingerprint density at radius 1 is 1.21 bits per heavy atom. The van der Waals surface area contributed by atoms with Gasteiger partial charge in [0, 0.05) is 19.5 Å². The zero-order valence-corrected chi connectivity index (χ0v) is 14.7. The maximum Gasteiger partial charge on any atom is 0.222 e. The van der Waals surface area contributed by atoms with Crippen LogP contribution in [0.1, 0.15) is 55.8 Å². The summed E-state index contributed by atoms with van der Waals surface area (Å²) in [7, 11) is 0. The molecule has 0 N–H and O–H groups in total. The summed E-state index contributed by atoms with van der Waals surface area (Å²) in [5, 5.41) is 18.2. The Bertz CT molecular complexity index is 681. The summed E-state index contributed by atoms with van der Waals surface area (Å²) in [5.41, 5.74) is 2.33. The molecule has 2 saturated heterocycles. The predicted molar refractivity (Wildman–Crippen MR) is 91.6 cm³/mol. The lowest BCUT2D eigenvalue weighted by atomic mass is 10.0. The van der Waals surface area contributed by atoms with Crippen LogP contribution in [-0.4, -0.2) is 46.2 Å². The van der Waals surface area contributed by atoms with Crippen LogP contribution in [0.5, 0.6) is 0 Å². The van der Waals surface area contributed by atoms with Gasteiger partial charge < -0.3 is 9.80 Å². The Labute approximate surface area is 143 Å². The molecule has 0 spiro atoms. The summed E-state index contributed by atoms with van der Waals surface area (Å²) < 4.78 is 0. The lowest BCUT2D eigenvalue weighted by molar-refractivity contribution is -0.132. The number of nitriles is 1. The summed E-state index contributed by atoms with van der Waals surface area (Å²) in [6.07, 6.45) is 4.75. The molecule has 2 aliphatic rings. The predicted octanol–water partition coefficient (Wildman–Crippen LogP) is 2.33. The third-order valence-electron chi connectivity index (χ3n) is 5.49. The van der Waals surface area contributed by atoms with Crippen molar-refractivity contribution in [1.29, 1.82) is 5.26 Å². The number of aromatic nitrogens is 2. The number of nitrogens with zero attached hydrogens (tertiary/aromatic N) is 5. The quantitative estimate of drug-likeness (QED) is 0.852. The van der Waals surface area contributed by atoms with E-state index in [9.17, 15) is 10.1 Å². The molecule has 0 aliphatic carbocycles. The van der Waals surface area contributed by atoms with Gasteiger partial charge in [0.25, 0.3) is 0 Å². The van der Waals surface area contributed by atoms with E-state index in [1.165, 1.54) is 0 Å². The first-order valence-corrected chi connectivity index (χ1v) is 8.88. The Morgan fingerprint density at radius 3 is 2.62 bits per heavy atom. The highest BCUT2D eigenvalue weighted by Crippen LogP contribution is 2.34. The standard InChI is InChI=1S/C18H25N5O/c1-4-17(24)22-9-5-7-15(22)16-8-6-10-23(16)18-14(11-19)12(2)13(3)20-21-18/h15-16H,4-10H2,1-3H3/t15-,16+/m1/s1. The fourth-order valence-electron chi connectivity index (χ4n) is 4.09. The van der Waals surface area contributed by atoms with Crippen LogP contribution in [0.4, 0.5) is 5.82 Å². The second-order valence-electron chi connectivity index (χ2n) is 6.77. The molecule has 0 aromatic carbocycles. The molecule has 1 amide bonds. The molecule has 24 heavy (non-hydrogen) atoms. The number of carbonyl (C=O) groups excluding carboxylic acids is 1. The van der Waals surface area contributed by atoms with Crippen molar-refractivity contribution in [3.8, 4) is 6.07 Å².